The molecule has 0 spiro atoms. The van der Waals surface area contributed by atoms with E-state index >= 15 is 0 Å². The van der Waals surface area contributed by atoms with E-state index in [0.717, 1.165) is 19.3 Å². The molecule has 0 amide bonds. The number of benzene rings is 1. The quantitative estimate of drug-likeness (QED) is 0.598. The van der Waals surface area contributed by atoms with Crippen molar-refractivity contribution in [3.8, 4) is 11.8 Å². The molecule has 0 aliphatic heterocycles. The Labute approximate surface area is 163 Å². The van der Waals surface area contributed by atoms with Gasteiger partial charge in [0, 0.05) is 5.92 Å². The Morgan fingerprint density at radius 3 is 2.50 bits per heavy atom. The Hall–Kier alpha value is -1.83. The van der Waals surface area contributed by atoms with E-state index < -0.39 is 24.6 Å². The molecule has 1 aromatic rings. The van der Waals surface area contributed by atoms with E-state index in [9.17, 15) is 9.90 Å². The molecule has 26 heavy (non-hydrogen) atoms. The molecule has 1 unspecified atom stereocenters. The van der Waals surface area contributed by atoms with Gasteiger partial charge in [-0.3, -0.25) is 4.90 Å². The highest BCUT2D eigenvalue weighted by Gasteiger charge is 2.46. The van der Waals surface area contributed by atoms with Crippen molar-refractivity contribution in [2.75, 3.05) is 26.1 Å². The van der Waals surface area contributed by atoms with Crippen LogP contribution < -0.4 is 0 Å². The minimum absolute atomic E-state index is 0.365. The maximum Gasteiger partial charge on any atom is 0.344 e. The first-order chi connectivity index (χ1) is 14.1. The topological polar surface area (TPSA) is 49.8 Å². The third-order valence-electron chi connectivity index (χ3n) is 4.96. The van der Waals surface area contributed by atoms with Gasteiger partial charge in [-0.15, -0.1) is 0 Å². The molecular weight excluding hydrogens is 326 g/mol. The van der Waals surface area contributed by atoms with Crippen LogP contribution in [0.15, 0.2) is 30.3 Å². The van der Waals surface area contributed by atoms with Crippen LogP contribution in [0.2, 0.25) is 0 Å². The number of aliphatic hydroxyl groups is 1. The van der Waals surface area contributed by atoms with Gasteiger partial charge in [-0.2, -0.15) is 0 Å². The van der Waals surface area contributed by atoms with Crippen LogP contribution in [0.5, 0.6) is 0 Å². The summed E-state index contributed by atoms with van der Waals surface area (Å²) in [5.74, 6) is 2.89. The van der Waals surface area contributed by atoms with Gasteiger partial charge in [-0.05, 0) is 31.5 Å². The van der Waals surface area contributed by atoms with Crippen molar-refractivity contribution in [2.45, 2.75) is 51.6 Å². The van der Waals surface area contributed by atoms with Gasteiger partial charge in [0.05, 0.1) is 12.0 Å². The lowest BCUT2D eigenvalue weighted by molar-refractivity contribution is -0.174. The largest absolute Gasteiger partial charge is 0.450 e. The molecule has 1 aliphatic carbocycles. The maximum atomic E-state index is 13.1. The minimum atomic E-state index is -2.74. The minimum Gasteiger partial charge on any atom is -0.450 e. The zero-order valence-corrected chi connectivity index (χ0v) is 15.6. The lowest BCUT2D eigenvalue weighted by Gasteiger charge is -2.36. The predicted molar refractivity (Wildman–Crippen MR) is 103 cm³/mol. The molecule has 142 valence electrons. The van der Waals surface area contributed by atoms with Crippen molar-refractivity contribution in [2.24, 2.45) is 5.92 Å². The SMILES string of the molecule is [2H]C([2H])(C#CC([2H])([2H])N(CC)CC)OC(=O)C(O)(c1ccccc1)C1CCCCC1. The van der Waals surface area contributed by atoms with E-state index in [1.807, 2.05) is 0 Å². The summed E-state index contributed by atoms with van der Waals surface area (Å²) >= 11 is 0. The second-order valence-corrected chi connectivity index (χ2v) is 6.49. The van der Waals surface area contributed by atoms with Gasteiger partial charge in [0.25, 0.3) is 0 Å². The summed E-state index contributed by atoms with van der Waals surface area (Å²) in [6.45, 7) is -0.451. The molecule has 4 nitrogen and oxygen atoms in total. The number of hydrogen-bond donors (Lipinski definition) is 1. The first kappa shape index (κ1) is 15.2. The summed E-state index contributed by atoms with van der Waals surface area (Å²) in [4.78, 5) is 14.5. The third-order valence-corrected chi connectivity index (χ3v) is 4.96. The van der Waals surface area contributed by atoms with Crippen LogP contribution in [0.25, 0.3) is 0 Å². The van der Waals surface area contributed by atoms with Gasteiger partial charge in [-0.25, -0.2) is 4.79 Å². The molecule has 1 aromatic carbocycles. The molecule has 1 aliphatic rings. The standard InChI is InChI=1S/C22H31NO3/c1-3-23(4-2)17-11-12-18-26-21(24)22(25,19-13-7-5-8-14-19)20-15-9-6-10-16-20/h5,7-8,13-14,20,25H,3-4,6,9-10,15-18H2,1-2H3/i17D2,18D2. The number of carbonyl (C=O) groups is 1. The number of esters is 1. The molecule has 1 saturated carbocycles. The van der Waals surface area contributed by atoms with E-state index in [1.165, 1.54) is 4.90 Å². The molecule has 1 atom stereocenters. The van der Waals surface area contributed by atoms with Crippen LogP contribution in [-0.2, 0) is 15.1 Å². The molecule has 0 bridgehead atoms. The number of carbonyl (C=O) groups excluding carboxylic acids is 1. The van der Waals surface area contributed by atoms with Crippen LogP contribution in [0.4, 0.5) is 0 Å². The monoisotopic (exact) mass is 361 g/mol. The molecular formula is C22H31NO3. The fourth-order valence-electron chi connectivity index (χ4n) is 3.40. The lowest BCUT2D eigenvalue weighted by Crippen LogP contribution is -2.45. The summed E-state index contributed by atoms with van der Waals surface area (Å²) in [6, 6.07) is 8.47. The molecule has 0 aromatic heterocycles. The Morgan fingerprint density at radius 2 is 1.88 bits per heavy atom. The van der Waals surface area contributed by atoms with Crippen molar-refractivity contribution in [3.05, 3.63) is 35.9 Å². The van der Waals surface area contributed by atoms with E-state index in [0.29, 0.717) is 31.5 Å². The lowest BCUT2D eigenvalue weighted by atomic mass is 9.73. The number of hydrogen-bond acceptors (Lipinski definition) is 4. The summed E-state index contributed by atoms with van der Waals surface area (Å²) < 4.78 is 37.1. The predicted octanol–water partition coefficient (Wildman–Crippen LogP) is 3.34. The Bertz CT molecular complexity index is 766. The highest BCUT2D eigenvalue weighted by molar-refractivity contribution is 5.81. The van der Waals surface area contributed by atoms with Crippen molar-refractivity contribution in [1.29, 1.82) is 0 Å². The highest BCUT2D eigenvalue weighted by Crippen LogP contribution is 2.40. The average molecular weight is 362 g/mol. The molecule has 4 heteroatoms. The molecule has 0 radical (unpaired) electrons. The summed E-state index contributed by atoms with van der Waals surface area (Å²) in [6.07, 6.45) is 4.07. The van der Waals surface area contributed by atoms with Gasteiger partial charge in [-0.1, -0.05) is 75.3 Å². The zero-order valence-electron chi connectivity index (χ0n) is 19.6. The zero-order chi connectivity index (χ0) is 22.4. The molecule has 1 N–H and O–H groups in total. The van der Waals surface area contributed by atoms with Gasteiger partial charge in [0.2, 0.25) is 0 Å². The average Bonchev–Trinajstić information content (AvgIpc) is 2.73. The second kappa shape index (κ2) is 10.4. The second-order valence-electron chi connectivity index (χ2n) is 6.49. The van der Waals surface area contributed by atoms with Crippen LogP contribution in [0, 0.1) is 17.8 Å². The van der Waals surface area contributed by atoms with Gasteiger partial charge < -0.3 is 9.84 Å². The normalized spacial score (nSPS) is 20.6. The van der Waals surface area contributed by atoms with Crippen molar-refractivity contribution in [1.82, 2.24) is 4.90 Å². The van der Waals surface area contributed by atoms with Gasteiger partial charge in [0.15, 0.2) is 12.2 Å². The first-order valence-corrected chi connectivity index (χ1v) is 9.37. The van der Waals surface area contributed by atoms with Crippen LogP contribution in [0.3, 0.4) is 0 Å². The number of ether oxygens (including phenoxy) is 1. The van der Waals surface area contributed by atoms with E-state index in [2.05, 4.69) is 11.8 Å². The smallest absolute Gasteiger partial charge is 0.344 e. The Kier molecular flexibility index (Phi) is 6.07. The molecule has 0 heterocycles. The Balaban J connectivity index is 2.30. The third kappa shape index (κ3) is 5.09. The maximum absolute atomic E-state index is 13.1. The number of rotatable bonds is 7. The van der Waals surface area contributed by atoms with Crippen molar-refractivity contribution in [3.63, 3.8) is 0 Å². The highest BCUT2D eigenvalue weighted by atomic mass is 16.5. The summed E-state index contributed by atoms with van der Waals surface area (Å²) in [5.41, 5.74) is -1.61. The van der Waals surface area contributed by atoms with Crippen LogP contribution >= 0.6 is 0 Å². The van der Waals surface area contributed by atoms with Gasteiger partial charge in [0.1, 0.15) is 0 Å². The van der Waals surface area contributed by atoms with E-state index in [-0.39, 0.29) is 5.92 Å². The summed E-state index contributed by atoms with van der Waals surface area (Å²) in [7, 11) is 0. The fourth-order valence-corrected chi connectivity index (χ4v) is 3.40. The van der Waals surface area contributed by atoms with Crippen molar-refractivity contribution < 1.29 is 20.1 Å². The number of nitrogens with zero attached hydrogens (tertiary/aromatic N) is 1. The van der Waals surface area contributed by atoms with Crippen molar-refractivity contribution >= 4 is 5.97 Å². The fraction of sp³-hybridized carbons (Fsp3) is 0.591. The Morgan fingerprint density at radius 1 is 1.23 bits per heavy atom. The molecule has 2 rings (SSSR count). The van der Waals surface area contributed by atoms with Crippen LogP contribution in [0.1, 0.15) is 57.0 Å². The van der Waals surface area contributed by atoms with Crippen LogP contribution in [-0.4, -0.2) is 42.1 Å². The molecule has 1 fully saturated rings. The summed E-state index contributed by atoms with van der Waals surface area (Å²) in [5, 5.41) is 11.5. The molecule has 0 saturated heterocycles. The first-order valence-electron chi connectivity index (χ1n) is 11.4. The van der Waals surface area contributed by atoms with Gasteiger partial charge >= 0.3 is 5.97 Å². The van der Waals surface area contributed by atoms with E-state index in [4.69, 9.17) is 10.2 Å². The van der Waals surface area contributed by atoms with E-state index in [1.54, 1.807) is 44.2 Å².